The topological polar surface area (TPSA) is 29.5 Å². The molecule has 1 saturated carbocycles. The summed E-state index contributed by atoms with van der Waals surface area (Å²) in [6.45, 7) is 7.81. The molecular formula is C19H27NO2. The van der Waals surface area contributed by atoms with Gasteiger partial charge in [-0.15, -0.1) is 0 Å². The van der Waals surface area contributed by atoms with Crippen molar-refractivity contribution in [2.45, 2.75) is 58.3 Å². The van der Waals surface area contributed by atoms with Crippen molar-refractivity contribution in [1.29, 1.82) is 0 Å². The van der Waals surface area contributed by atoms with Crippen LogP contribution in [0.2, 0.25) is 0 Å². The lowest BCUT2D eigenvalue weighted by atomic mass is 9.82. The predicted molar refractivity (Wildman–Crippen MR) is 89.6 cm³/mol. The highest BCUT2D eigenvalue weighted by Crippen LogP contribution is 2.41. The van der Waals surface area contributed by atoms with Crippen LogP contribution in [0.3, 0.4) is 0 Å². The summed E-state index contributed by atoms with van der Waals surface area (Å²) >= 11 is 0. The fourth-order valence-corrected chi connectivity index (χ4v) is 3.34. The molecular weight excluding hydrogens is 274 g/mol. The molecule has 1 aromatic carbocycles. The maximum atomic E-state index is 12.6. The lowest BCUT2D eigenvalue weighted by molar-refractivity contribution is -0.119. The number of rotatable bonds is 3. The van der Waals surface area contributed by atoms with Gasteiger partial charge >= 0.3 is 0 Å². The maximum Gasteiger partial charge on any atom is 0.227 e. The average Bonchev–Trinajstić information content (AvgIpc) is 2.43. The standard InChI is InChI=1S/C19H27NO2/c1-19(2,3)15-8-5-9-16-18(15)22-13-12-20(16)17(21)11-10-14-6-4-7-14/h5,8-9,14H,4,6-7,10-13H2,1-3H3. The second kappa shape index (κ2) is 5.94. The Morgan fingerprint density at radius 3 is 2.73 bits per heavy atom. The molecule has 22 heavy (non-hydrogen) atoms. The molecule has 1 aromatic rings. The number of carbonyl (C=O) groups is 1. The summed E-state index contributed by atoms with van der Waals surface area (Å²) in [5.41, 5.74) is 2.15. The molecule has 1 aliphatic carbocycles. The van der Waals surface area contributed by atoms with Gasteiger partial charge in [0.1, 0.15) is 12.4 Å². The van der Waals surface area contributed by atoms with Crippen LogP contribution in [0.25, 0.3) is 0 Å². The van der Waals surface area contributed by atoms with Crippen LogP contribution in [0.4, 0.5) is 5.69 Å². The molecule has 0 spiro atoms. The van der Waals surface area contributed by atoms with E-state index < -0.39 is 0 Å². The van der Waals surface area contributed by atoms with Crippen LogP contribution in [0, 0.1) is 5.92 Å². The lowest BCUT2D eigenvalue weighted by Gasteiger charge is -2.34. The van der Waals surface area contributed by atoms with Gasteiger partial charge in [0.05, 0.1) is 12.2 Å². The third kappa shape index (κ3) is 2.99. The Morgan fingerprint density at radius 2 is 2.09 bits per heavy atom. The van der Waals surface area contributed by atoms with E-state index in [1.54, 1.807) is 0 Å². The summed E-state index contributed by atoms with van der Waals surface area (Å²) < 4.78 is 5.93. The first-order valence-corrected chi connectivity index (χ1v) is 8.53. The van der Waals surface area contributed by atoms with E-state index in [0.29, 0.717) is 19.6 Å². The zero-order valence-corrected chi connectivity index (χ0v) is 14.0. The van der Waals surface area contributed by atoms with Crippen molar-refractivity contribution in [2.75, 3.05) is 18.1 Å². The predicted octanol–water partition coefficient (Wildman–Crippen LogP) is 4.29. The van der Waals surface area contributed by atoms with Gasteiger partial charge in [-0.25, -0.2) is 0 Å². The number of nitrogens with zero attached hydrogens (tertiary/aromatic N) is 1. The number of hydrogen-bond acceptors (Lipinski definition) is 2. The Bertz CT molecular complexity index is 555. The first-order valence-electron chi connectivity index (χ1n) is 8.53. The first-order chi connectivity index (χ1) is 10.5. The minimum absolute atomic E-state index is 0.0172. The monoisotopic (exact) mass is 301 g/mol. The number of carbonyl (C=O) groups excluding carboxylic acids is 1. The molecule has 0 bridgehead atoms. The van der Waals surface area contributed by atoms with Crippen LogP contribution in [0.5, 0.6) is 5.75 Å². The van der Waals surface area contributed by atoms with Gasteiger partial charge < -0.3 is 9.64 Å². The molecule has 3 nitrogen and oxygen atoms in total. The number of fused-ring (bicyclic) bond motifs is 1. The molecule has 3 heteroatoms. The fourth-order valence-electron chi connectivity index (χ4n) is 3.34. The number of hydrogen-bond donors (Lipinski definition) is 0. The van der Waals surface area contributed by atoms with Crippen LogP contribution in [-0.2, 0) is 10.2 Å². The first kappa shape index (κ1) is 15.4. The molecule has 0 unspecified atom stereocenters. The van der Waals surface area contributed by atoms with Crippen molar-refractivity contribution in [3.8, 4) is 5.75 Å². The van der Waals surface area contributed by atoms with Gasteiger partial charge in [0.15, 0.2) is 0 Å². The Morgan fingerprint density at radius 1 is 1.32 bits per heavy atom. The van der Waals surface area contributed by atoms with E-state index in [1.165, 1.54) is 24.8 Å². The number of amides is 1. The molecule has 0 saturated heterocycles. The molecule has 0 aromatic heterocycles. The SMILES string of the molecule is CC(C)(C)c1cccc2c1OCCN2C(=O)CCC1CCC1. The zero-order valence-electron chi connectivity index (χ0n) is 14.0. The summed E-state index contributed by atoms with van der Waals surface area (Å²) in [5.74, 6) is 1.94. The smallest absolute Gasteiger partial charge is 0.227 e. The average molecular weight is 301 g/mol. The van der Waals surface area contributed by atoms with Crippen LogP contribution in [-0.4, -0.2) is 19.1 Å². The molecule has 0 atom stereocenters. The van der Waals surface area contributed by atoms with E-state index in [0.717, 1.165) is 23.8 Å². The van der Waals surface area contributed by atoms with Crippen LogP contribution < -0.4 is 9.64 Å². The van der Waals surface area contributed by atoms with Gasteiger partial charge in [-0.05, 0) is 23.8 Å². The normalized spacial score (nSPS) is 18.4. The number of para-hydroxylation sites is 1. The van der Waals surface area contributed by atoms with Gasteiger partial charge in [0, 0.05) is 12.0 Å². The minimum atomic E-state index is 0.0172. The number of ether oxygens (including phenoxy) is 1. The number of anilines is 1. The van der Waals surface area contributed by atoms with E-state index in [1.807, 2.05) is 17.0 Å². The Labute approximate surface area is 133 Å². The molecule has 0 radical (unpaired) electrons. The van der Waals surface area contributed by atoms with Crippen molar-refractivity contribution >= 4 is 11.6 Å². The van der Waals surface area contributed by atoms with E-state index in [-0.39, 0.29) is 11.3 Å². The van der Waals surface area contributed by atoms with Crippen LogP contribution in [0.1, 0.15) is 58.4 Å². The number of benzene rings is 1. The summed E-state index contributed by atoms with van der Waals surface area (Å²) in [7, 11) is 0. The largest absolute Gasteiger partial charge is 0.489 e. The molecule has 3 rings (SSSR count). The maximum absolute atomic E-state index is 12.6. The fraction of sp³-hybridized carbons (Fsp3) is 0.632. The molecule has 1 fully saturated rings. The summed E-state index contributed by atoms with van der Waals surface area (Å²) in [6.07, 6.45) is 5.67. The van der Waals surface area contributed by atoms with Gasteiger partial charge in [0.25, 0.3) is 0 Å². The highest BCUT2D eigenvalue weighted by atomic mass is 16.5. The lowest BCUT2D eigenvalue weighted by Crippen LogP contribution is -2.39. The quantitative estimate of drug-likeness (QED) is 0.833. The van der Waals surface area contributed by atoms with Gasteiger partial charge in [0.2, 0.25) is 5.91 Å². The van der Waals surface area contributed by atoms with Crippen molar-refractivity contribution in [2.24, 2.45) is 5.92 Å². The zero-order chi connectivity index (χ0) is 15.7. The van der Waals surface area contributed by atoms with E-state index in [2.05, 4.69) is 26.8 Å². The second-order valence-electron chi connectivity index (χ2n) is 7.63. The molecule has 2 aliphatic rings. The van der Waals surface area contributed by atoms with E-state index in [4.69, 9.17) is 4.74 Å². The minimum Gasteiger partial charge on any atom is -0.489 e. The highest BCUT2D eigenvalue weighted by Gasteiger charge is 2.29. The van der Waals surface area contributed by atoms with Crippen molar-refractivity contribution in [3.05, 3.63) is 23.8 Å². The van der Waals surface area contributed by atoms with Crippen molar-refractivity contribution in [3.63, 3.8) is 0 Å². The van der Waals surface area contributed by atoms with Gasteiger partial charge in [-0.2, -0.15) is 0 Å². The molecule has 1 aliphatic heterocycles. The second-order valence-corrected chi connectivity index (χ2v) is 7.63. The Hall–Kier alpha value is -1.51. The molecule has 1 heterocycles. The van der Waals surface area contributed by atoms with Crippen molar-refractivity contribution in [1.82, 2.24) is 0 Å². The Kier molecular flexibility index (Phi) is 4.16. The third-order valence-corrected chi connectivity index (χ3v) is 4.95. The van der Waals surface area contributed by atoms with Crippen molar-refractivity contribution < 1.29 is 9.53 Å². The van der Waals surface area contributed by atoms with E-state index in [9.17, 15) is 4.79 Å². The van der Waals surface area contributed by atoms with Gasteiger partial charge in [-0.1, -0.05) is 52.2 Å². The van der Waals surface area contributed by atoms with E-state index >= 15 is 0 Å². The summed E-state index contributed by atoms with van der Waals surface area (Å²) in [6, 6.07) is 6.17. The van der Waals surface area contributed by atoms with Gasteiger partial charge in [-0.3, -0.25) is 4.79 Å². The molecule has 1 amide bonds. The molecule has 0 N–H and O–H groups in total. The Balaban J connectivity index is 1.80. The highest BCUT2D eigenvalue weighted by molar-refractivity contribution is 5.95. The molecule has 120 valence electrons. The van der Waals surface area contributed by atoms with Crippen LogP contribution >= 0.6 is 0 Å². The summed E-state index contributed by atoms with van der Waals surface area (Å²) in [4.78, 5) is 14.6. The van der Waals surface area contributed by atoms with Crippen LogP contribution in [0.15, 0.2) is 18.2 Å². The summed E-state index contributed by atoms with van der Waals surface area (Å²) in [5, 5.41) is 0. The third-order valence-electron chi connectivity index (χ3n) is 4.95.